The van der Waals surface area contributed by atoms with Crippen molar-refractivity contribution in [1.29, 1.82) is 0 Å². The normalized spacial score (nSPS) is 9.83. The highest BCUT2D eigenvalue weighted by atomic mass is 16.5. The molecule has 18 heavy (non-hydrogen) atoms. The molecule has 0 atom stereocenters. The third kappa shape index (κ3) is 2.54. The van der Waals surface area contributed by atoms with Crippen LogP contribution in [0.2, 0.25) is 0 Å². The molecular weight excluding hydrogens is 232 g/mol. The number of amides is 1. The second-order valence-corrected chi connectivity index (χ2v) is 3.54. The average molecular weight is 244 g/mol. The van der Waals surface area contributed by atoms with Gasteiger partial charge in [-0.25, -0.2) is 9.97 Å². The lowest BCUT2D eigenvalue weighted by molar-refractivity contribution is 0.102. The van der Waals surface area contributed by atoms with E-state index in [-0.39, 0.29) is 5.91 Å². The van der Waals surface area contributed by atoms with Crippen molar-refractivity contribution in [3.63, 3.8) is 0 Å². The van der Waals surface area contributed by atoms with Gasteiger partial charge in [-0.05, 0) is 12.1 Å². The number of nitrogens with one attached hydrogen (secondary N) is 1. The summed E-state index contributed by atoms with van der Waals surface area (Å²) in [4.78, 5) is 19.4. The van der Waals surface area contributed by atoms with E-state index in [9.17, 15) is 4.79 Å². The first kappa shape index (κ1) is 11.8. The highest BCUT2D eigenvalue weighted by Gasteiger charge is 2.07. The highest BCUT2D eigenvalue weighted by Crippen LogP contribution is 2.25. The number of nitrogen functional groups attached to an aromatic ring is 1. The first-order valence-electron chi connectivity index (χ1n) is 5.20. The summed E-state index contributed by atoms with van der Waals surface area (Å²) >= 11 is 0. The van der Waals surface area contributed by atoms with Crippen molar-refractivity contribution in [3.8, 4) is 5.75 Å². The maximum atomic E-state index is 11.8. The van der Waals surface area contributed by atoms with E-state index in [1.54, 1.807) is 18.2 Å². The molecule has 1 aromatic heterocycles. The van der Waals surface area contributed by atoms with Gasteiger partial charge < -0.3 is 15.8 Å². The summed E-state index contributed by atoms with van der Waals surface area (Å²) in [6.07, 6.45) is 4.25. The van der Waals surface area contributed by atoms with Crippen molar-refractivity contribution in [1.82, 2.24) is 9.97 Å². The lowest BCUT2D eigenvalue weighted by atomic mass is 10.2. The molecule has 1 amide bonds. The number of nitrogens with zero attached hydrogens (tertiary/aromatic N) is 2. The van der Waals surface area contributed by atoms with Crippen LogP contribution in [0.1, 0.15) is 10.4 Å². The Hall–Kier alpha value is -2.63. The monoisotopic (exact) mass is 244 g/mol. The molecule has 2 aromatic rings. The second kappa shape index (κ2) is 5.13. The van der Waals surface area contributed by atoms with Crippen LogP contribution in [-0.2, 0) is 0 Å². The van der Waals surface area contributed by atoms with Crippen LogP contribution in [0.5, 0.6) is 5.75 Å². The SMILES string of the molecule is COc1cc(NC(=O)c2cncnc2)ccc1N. The van der Waals surface area contributed by atoms with E-state index in [4.69, 9.17) is 10.5 Å². The third-order valence-corrected chi connectivity index (χ3v) is 2.31. The van der Waals surface area contributed by atoms with E-state index >= 15 is 0 Å². The van der Waals surface area contributed by atoms with Crippen molar-refractivity contribution >= 4 is 17.3 Å². The number of methoxy groups -OCH3 is 1. The molecule has 3 N–H and O–H groups in total. The summed E-state index contributed by atoms with van der Waals surface area (Å²) in [6, 6.07) is 5.01. The van der Waals surface area contributed by atoms with Crippen molar-refractivity contribution in [2.75, 3.05) is 18.2 Å². The van der Waals surface area contributed by atoms with Gasteiger partial charge in [0.15, 0.2) is 0 Å². The lowest BCUT2D eigenvalue weighted by Gasteiger charge is -2.08. The molecule has 0 radical (unpaired) electrons. The Morgan fingerprint density at radius 1 is 1.33 bits per heavy atom. The van der Waals surface area contributed by atoms with Gasteiger partial charge in [0.05, 0.1) is 18.4 Å². The van der Waals surface area contributed by atoms with Crippen LogP contribution in [0.3, 0.4) is 0 Å². The van der Waals surface area contributed by atoms with Gasteiger partial charge in [-0.15, -0.1) is 0 Å². The van der Waals surface area contributed by atoms with Gasteiger partial charge in [0.25, 0.3) is 5.91 Å². The zero-order chi connectivity index (χ0) is 13.0. The number of aromatic nitrogens is 2. The van der Waals surface area contributed by atoms with Gasteiger partial charge in [0, 0.05) is 24.1 Å². The number of rotatable bonds is 3. The molecule has 92 valence electrons. The second-order valence-electron chi connectivity index (χ2n) is 3.54. The Bertz CT molecular complexity index is 557. The molecule has 0 saturated heterocycles. The van der Waals surface area contributed by atoms with E-state index in [1.165, 1.54) is 25.8 Å². The molecule has 0 spiro atoms. The van der Waals surface area contributed by atoms with Crippen LogP contribution in [0, 0.1) is 0 Å². The average Bonchev–Trinajstić information content (AvgIpc) is 2.42. The molecule has 6 nitrogen and oxygen atoms in total. The summed E-state index contributed by atoms with van der Waals surface area (Å²) < 4.78 is 5.07. The van der Waals surface area contributed by atoms with E-state index in [0.717, 1.165) is 0 Å². The topological polar surface area (TPSA) is 90.1 Å². The summed E-state index contributed by atoms with van der Waals surface area (Å²) in [5.41, 5.74) is 7.17. The van der Waals surface area contributed by atoms with Crippen LogP contribution in [-0.4, -0.2) is 23.0 Å². The van der Waals surface area contributed by atoms with E-state index in [2.05, 4.69) is 15.3 Å². The molecule has 1 heterocycles. The minimum atomic E-state index is -0.289. The maximum absolute atomic E-state index is 11.8. The standard InChI is InChI=1S/C12H12N4O2/c1-18-11-4-9(2-3-10(11)13)16-12(17)8-5-14-7-15-6-8/h2-7H,13H2,1H3,(H,16,17). The fourth-order valence-corrected chi connectivity index (χ4v) is 1.41. The van der Waals surface area contributed by atoms with E-state index in [0.29, 0.717) is 22.7 Å². The summed E-state index contributed by atoms with van der Waals surface area (Å²) in [6.45, 7) is 0. The number of anilines is 2. The highest BCUT2D eigenvalue weighted by molar-refractivity contribution is 6.04. The summed E-state index contributed by atoms with van der Waals surface area (Å²) in [5, 5.41) is 2.71. The van der Waals surface area contributed by atoms with Crippen LogP contribution < -0.4 is 15.8 Å². The van der Waals surface area contributed by atoms with Gasteiger partial charge in [0.2, 0.25) is 0 Å². The Balaban J connectivity index is 2.17. The quantitative estimate of drug-likeness (QED) is 0.795. The molecule has 0 aliphatic heterocycles. The zero-order valence-corrected chi connectivity index (χ0v) is 9.75. The number of hydrogen-bond donors (Lipinski definition) is 2. The Labute approximate surface area is 104 Å². The molecule has 0 bridgehead atoms. The Kier molecular flexibility index (Phi) is 3.38. The number of carbonyl (C=O) groups is 1. The van der Waals surface area contributed by atoms with Gasteiger partial charge in [-0.1, -0.05) is 0 Å². The molecule has 0 saturated carbocycles. The third-order valence-electron chi connectivity index (χ3n) is 2.31. The molecule has 2 rings (SSSR count). The minimum Gasteiger partial charge on any atom is -0.495 e. The van der Waals surface area contributed by atoms with Gasteiger partial charge >= 0.3 is 0 Å². The first-order valence-corrected chi connectivity index (χ1v) is 5.20. The number of benzene rings is 1. The largest absolute Gasteiger partial charge is 0.495 e. The Morgan fingerprint density at radius 3 is 2.72 bits per heavy atom. The molecular formula is C12H12N4O2. The summed E-state index contributed by atoms with van der Waals surface area (Å²) in [5.74, 6) is 0.222. The first-order chi connectivity index (χ1) is 8.70. The molecule has 0 fully saturated rings. The molecule has 0 unspecified atom stereocenters. The van der Waals surface area contributed by atoms with Crippen molar-refractivity contribution in [2.24, 2.45) is 0 Å². The molecule has 0 aliphatic rings. The maximum Gasteiger partial charge on any atom is 0.258 e. The lowest BCUT2D eigenvalue weighted by Crippen LogP contribution is -2.12. The molecule has 0 aliphatic carbocycles. The van der Waals surface area contributed by atoms with Crippen molar-refractivity contribution in [2.45, 2.75) is 0 Å². The van der Waals surface area contributed by atoms with Crippen molar-refractivity contribution in [3.05, 3.63) is 42.5 Å². The fraction of sp³-hybridized carbons (Fsp3) is 0.0833. The van der Waals surface area contributed by atoms with Crippen LogP contribution in [0.15, 0.2) is 36.9 Å². The fourth-order valence-electron chi connectivity index (χ4n) is 1.41. The number of carbonyl (C=O) groups excluding carboxylic acids is 1. The summed E-state index contributed by atoms with van der Waals surface area (Å²) in [7, 11) is 1.52. The van der Waals surface area contributed by atoms with Crippen LogP contribution in [0.25, 0.3) is 0 Å². The van der Waals surface area contributed by atoms with Crippen LogP contribution >= 0.6 is 0 Å². The van der Waals surface area contributed by atoms with E-state index in [1.807, 2.05) is 0 Å². The van der Waals surface area contributed by atoms with Gasteiger partial charge in [-0.3, -0.25) is 4.79 Å². The predicted octanol–water partition coefficient (Wildman–Crippen LogP) is 1.32. The van der Waals surface area contributed by atoms with Crippen LogP contribution in [0.4, 0.5) is 11.4 Å². The smallest absolute Gasteiger partial charge is 0.258 e. The zero-order valence-electron chi connectivity index (χ0n) is 9.75. The Morgan fingerprint density at radius 2 is 2.06 bits per heavy atom. The molecule has 1 aromatic carbocycles. The van der Waals surface area contributed by atoms with E-state index < -0.39 is 0 Å². The molecule has 6 heteroatoms. The van der Waals surface area contributed by atoms with Gasteiger partial charge in [0.1, 0.15) is 12.1 Å². The minimum absolute atomic E-state index is 0.289. The predicted molar refractivity (Wildman–Crippen MR) is 67.4 cm³/mol. The van der Waals surface area contributed by atoms with Gasteiger partial charge in [-0.2, -0.15) is 0 Å². The number of nitrogens with two attached hydrogens (primary N) is 1. The van der Waals surface area contributed by atoms with Crippen molar-refractivity contribution < 1.29 is 9.53 Å². The number of hydrogen-bond acceptors (Lipinski definition) is 5. The number of ether oxygens (including phenoxy) is 1.